The Morgan fingerprint density at radius 1 is 1.29 bits per heavy atom. The van der Waals surface area contributed by atoms with Crippen molar-refractivity contribution in [1.82, 2.24) is 4.90 Å². The van der Waals surface area contributed by atoms with Crippen LogP contribution in [0.25, 0.3) is 0 Å². The minimum atomic E-state index is -0.467. The second-order valence-electron chi connectivity index (χ2n) is 6.32. The molecule has 132 valence electrons. The van der Waals surface area contributed by atoms with Gasteiger partial charge in [0.2, 0.25) is 0 Å². The van der Waals surface area contributed by atoms with Crippen molar-refractivity contribution < 1.29 is 13.9 Å². The Morgan fingerprint density at radius 3 is 2.62 bits per heavy atom. The van der Waals surface area contributed by atoms with Crippen molar-refractivity contribution in [3.8, 4) is 0 Å². The number of amides is 1. The summed E-state index contributed by atoms with van der Waals surface area (Å²) >= 11 is 0. The molecule has 0 saturated carbocycles. The van der Waals surface area contributed by atoms with Crippen molar-refractivity contribution in [2.75, 3.05) is 55.6 Å². The average Bonchev–Trinajstić information content (AvgIpc) is 2.97. The van der Waals surface area contributed by atoms with Crippen LogP contribution in [0, 0.1) is 5.82 Å². The van der Waals surface area contributed by atoms with Gasteiger partial charge in [0.15, 0.2) is 0 Å². The third-order valence-electron chi connectivity index (χ3n) is 4.63. The van der Waals surface area contributed by atoms with E-state index in [2.05, 4.69) is 16.7 Å². The Hall–Kier alpha value is -1.86. The lowest BCUT2D eigenvalue weighted by Gasteiger charge is -2.36. The van der Waals surface area contributed by atoms with Crippen LogP contribution in [0.5, 0.6) is 0 Å². The number of nitrogens with two attached hydrogens (primary N) is 1. The highest BCUT2D eigenvalue weighted by Gasteiger charge is 2.32. The number of benzene rings is 1. The number of anilines is 2. The van der Waals surface area contributed by atoms with Crippen molar-refractivity contribution in [2.45, 2.75) is 19.4 Å². The highest BCUT2D eigenvalue weighted by molar-refractivity contribution is 5.90. The van der Waals surface area contributed by atoms with Gasteiger partial charge >= 0.3 is 6.09 Å². The number of rotatable bonds is 5. The molecule has 2 N–H and O–H groups in total. The molecule has 0 bridgehead atoms. The molecule has 0 unspecified atom stereocenters. The molecule has 1 aromatic carbocycles. The van der Waals surface area contributed by atoms with E-state index in [0.717, 1.165) is 39.1 Å². The lowest BCUT2D eigenvalue weighted by Crippen LogP contribution is -2.46. The summed E-state index contributed by atoms with van der Waals surface area (Å²) in [6, 6.07) is 4.94. The fourth-order valence-corrected chi connectivity index (χ4v) is 3.30. The number of piperazine rings is 1. The zero-order valence-electron chi connectivity index (χ0n) is 14.1. The molecule has 0 aromatic heterocycles. The van der Waals surface area contributed by atoms with Gasteiger partial charge in [0.1, 0.15) is 11.9 Å². The summed E-state index contributed by atoms with van der Waals surface area (Å²) < 4.78 is 19.7. The number of nitrogens with zero attached hydrogens (tertiary/aromatic N) is 3. The van der Waals surface area contributed by atoms with Gasteiger partial charge < -0.3 is 15.4 Å². The first-order valence-electron chi connectivity index (χ1n) is 8.57. The van der Waals surface area contributed by atoms with Gasteiger partial charge in [-0.05, 0) is 31.2 Å². The summed E-state index contributed by atoms with van der Waals surface area (Å²) in [6.07, 6.45) is 0.344. The van der Waals surface area contributed by atoms with Crippen LogP contribution in [0.2, 0.25) is 0 Å². The van der Waals surface area contributed by atoms with E-state index in [9.17, 15) is 9.18 Å². The molecule has 0 aliphatic carbocycles. The van der Waals surface area contributed by atoms with Gasteiger partial charge in [-0.2, -0.15) is 0 Å². The van der Waals surface area contributed by atoms with Crippen LogP contribution in [0.4, 0.5) is 20.6 Å². The van der Waals surface area contributed by atoms with E-state index in [1.165, 1.54) is 11.0 Å². The van der Waals surface area contributed by atoms with Gasteiger partial charge in [-0.15, -0.1) is 0 Å². The van der Waals surface area contributed by atoms with Gasteiger partial charge in [-0.25, -0.2) is 9.18 Å². The quantitative estimate of drug-likeness (QED) is 0.886. The highest BCUT2D eigenvalue weighted by atomic mass is 19.1. The van der Waals surface area contributed by atoms with Gasteiger partial charge in [-0.3, -0.25) is 9.80 Å². The number of ether oxygens (including phenoxy) is 1. The first-order chi connectivity index (χ1) is 11.6. The molecule has 2 fully saturated rings. The Kier molecular flexibility index (Phi) is 5.20. The average molecular weight is 336 g/mol. The maximum atomic E-state index is 14.6. The molecule has 0 radical (unpaired) electrons. The van der Waals surface area contributed by atoms with E-state index in [1.807, 2.05) is 0 Å². The summed E-state index contributed by atoms with van der Waals surface area (Å²) in [7, 11) is 0. The van der Waals surface area contributed by atoms with Gasteiger partial charge in [-0.1, -0.05) is 6.92 Å². The molecule has 7 heteroatoms. The zero-order valence-corrected chi connectivity index (χ0v) is 14.1. The number of carbonyl (C=O) groups is 1. The second kappa shape index (κ2) is 7.36. The third kappa shape index (κ3) is 3.47. The Morgan fingerprint density at radius 2 is 2.04 bits per heavy atom. The molecule has 2 aliphatic heterocycles. The number of halogens is 1. The second-order valence-corrected chi connectivity index (χ2v) is 6.32. The van der Waals surface area contributed by atoms with Crippen LogP contribution in [-0.4, -0.2) is 62.9 Å². The summed E-state index contributed by atoms with van der Waals surface area (Å²) in [6.45, 7) is 7.43. The Labute approximate surface area is 141 Å². The molecule has 24 heavy (non-hydrogen) atoms. The fourth-order valence-electron chi connectivity index (χ4n) is 3.30. The van der Waals surface area contributed by atoms with E-state index in [0.29, 0.717) is 17.9 Å². The Balaban J connectivity index is 1.68. The van der Waals surface area contributed by atoms with Gasteiger partial charge in [0.25, 0.3) is 0 Å². The fraction of sp³-hybridized carbons (Fsp3) is 0.588. The largest absolute Gasteiger partial charge is 0.443 e. The third-order valence-corrected chi connectivity index (χ3v) is 4.63. The first kappa shape index (κ1) is 17.0. The molecule has 2 heterocycles. The predicted molar refractivity (Wildman–Crippen MR) is 92.0 cm³/mol. The molecule has 3 rings (SSSR count). The van der Waals surface area contributed by atoms with Crippen LogP contribution in [0.15, 0.2) is 18.2 Å². The molecule has 1 amide bonds. The molecular weight excluding hydrogens is 311 g/mol. The molecule has 1 atom stereocenters. The van der Waals surface area contributed by atoms with Gasteiger partial charge in [0, 0.05) is 32.7 Å². The maximum absolute atomic E-state index is 14.6. The predicted octanol–water partition coefficient (Wildman–Crippen LogP) is 1.64. The van der Waals surface area contributed by atoms with E-state index in [-0.39, 0.29) is 18.5 Å². The molecule has 0 spiro atoms. The summed E-state index contributed by atoms with van der Waals surface area (Å²) in [5, 5.41) is 0. The lowest BCUT2D eigenvalue weighted by atomic mass is 10.2. The topological polar surface area (TPSA) is 62.0 Å². The molecular formula is C17H25FN4O2. The maximum Gasteiger partial charge on any atom is 0.414 e. The van der Waals surface area contributed by atoms with E-state index >= 15 is 0 Å². The minimum absolute atomic E-state index is 0.269. The van der Waals surface area contributed by atoms with E-state index in [4.69, 9.17) is 10.5 Å². The van der Waals surface area contributed by atoms with E-state index < -0.39 is 6.09 Å². The van der Waals surface area contributed by atoms with Crippen LogP contribution in [0.1, 0.15) is 13.3 Å². The van der Waals surface area contributed by atoms with Gasteiger partial charge in [0.05, 0.1) is 17.9 Å². The van der Waals surface area contributed by atoms with Crippen LogP contribution < -0.4 is 15.5 Å². The lowest BCUT2D eigenvalue weighted by molar-refractivity contribution is 0.145. The standard InChI is InChI=1S/C17H25FN4O2/c1-2-5-20-6-8-21(9-7-20)16-4-3-13(10-15(16)18)22-12-14(11-19)24-17(22)23/h3-4,10,14H,2,5-9,11-12,19H2,1H3/t14-/m0/s1. The van der Waals surface area contributed by atoms with Crippen LogP contribution >= 0.6 is 0 Å². The zero-order chi connectivity index (χ0) is 17.1. The molecule has 6 nitrogen and oxygen atoms in total. The molecule has 1 aromatic rings. The number of carbonyl (C=O) groups excluding carboxylic acids is 1. The van der Waals surface area contributed by atoms with Crippen molar-refractivity contribution in [3.05, 3.63) is 24.0 Å². The summed E-state index contributed by atoms with van der Waals surface area (Å²) in [5.41, 5.74) is 6.64. The molecule has 2 aliphatic rings. The first-order valence-corrected chi connectivity index (χ1v) is 8.57. The minimum Gasteiger partial charge on any atom is -0.443 e. The normalized spacial score (nSPS) is 22.1. The SMILES string of the molecule is CCCN1CCN(c2ccc(N3C[C@H](CN)OC3=O)cc2F)CC1. The smallest absolute Gasteiger partial charge is 0.414 e. The monoisotopic (exact) mass is 336 g/mol. The van der Waals surface area contributed by atoms with Crippen molar-refractivity contribution in [3.63, 3.8) is 0 Å². The van der Waals surface area contributed by atoms with Crippen molar-refractivity contribution in [1.29, 1.82) is 0 Å². The summed E-state index contributed by atoms with van der Waals surface area (Å²) in [4.78, 5) is 17.7. The van der Waals surface area contributed by atoms with Crippen LogP contribution in [0.3, 0.4) is 0 Å². The van der Waals surface area contributed by atoms with Crippen molar-refractivity contribution in [2.24, 2.45) is 5.73 Å². The van der Waals surface area contributed by atoms with Crippen molar-refractivity contribution >= 4 is 17.5 Å². The number of hydrogen-bond acceptors (Lipinski definition) is 5. The Bertz CT molecular complexity index is 590. The van der Waals surface area contributed by atoms with Crippen LogP contribution in [-0.2, 0) is 4.74 Å². The number of hydrogen-bond donors (Lipinski definition) is 1. The molecule has 2 saturated heterocycles. The number of cyclic esters (lactones) is 1. The van der Waals surface area contributed by atoms with E-state index in [1.54, 1.807) is 12.1 Å². The summed E-state index contributed by atoms with van der Waals surface area (Å²) in [5.74, 6) is -0.305. The highest BCUT2D eigenvalue weighted by Crippen LogP contribution is 2.28.